The molecular formula is C19H20IN3OS2. The number of rotatable bonds is 6. The lowest BCUT2D eigenvalue weighted by atomic mass is 10.2. The van der Waals surface area contributed by atoms with Crippen LogP contribution >= 0.6 is 45.7 Å². The third kappa shape index (κ3) is 4.39. The van der Waals surface area contributed by atoms with E-state index in [4.69, 9.17) is 4.98 Å². The molecule has 7 heteroatoms. The van der Waals surface area contributed by atoms with Crippen molar-refractivity contribution in [2.24, 2.45) is 0 Å². The Morgan fingerprint density at radius 3 is 2.65 bits per heavy atom. The Balaban J connectivity index is 2.00. The minimum absolute atomic E-state index is 0.000922. The first-order chi connectivity index (χ1) is 12.5. The third-order valence-electron chi connectivity index (χ3n) is 3.94. The van der Waals surface area contributed by atoms with Gasteiger partial charge in [0.25, 0.3) is 5.91 Å². The van der Waals surface area contributed by atoms with E-state index in [0.717, 1.165) is 31.0 Å². The fourth-order valence-electron chi connectivity index (χ4n) is 2.50. The second kappa shape index (κ2) is 8.69. The van der Waals surface area contributed by atoms with Crippen molar-refractivity contribution >= 4 is 66.9 Å². The molecule has 1 amide bonds. The number of carbonyl (C=O) groups excluding carboxylic acids is 1. The van der Waals surface area contributed by atoms with E-state index >= 15 is 0 Å². The van der Waals surface area contributed by atoms with Gasteiger partial charge in [-0.05, 0) is 73.3 Å². The minimum atomic E-state index is 0.000922. The lowest BCUT2D eigenvalue weighted by Gasteiger charge is -2.22. The number of thiazole rings is 1. The monoisotopic (exact) mass is 497 g/mol. The van der Waals surface area contributed by atoms with Crippen LogP contribution < -0.4 is 4.90 Å². The molecule has 0 bridgehead atoms. The number of hydrogen-bond acceptors (Lipinski definition) is 5. The SMILES string of the molecule is CSc1ccc2nc(N(CCN(C)C)C(=O)c3ccccc3I)sc2c1. The highest BCUT2D eigenvalue weighted by atomic mass is 127. The molecule has 2 aromatic carbocycles. The summed E-state index contributed by atoms with van der Waals surface area (Å²) < 4.78 is 2.06. The minimum Gasteiger partial charge on any atom is -0.308 e. The number of nitrogens with zero attached hydrogens (tertiary/aromatic N) is 3. The van der Waals surface area contributed by atoms with Crippen LogP contribution in [0.2, 0.25) is 0 Å². The van der Waals surface area contributed by atoms with Gasteiger partial charge in [0.05, 0.1) is 15.8 Å². The average Bonchev–Trinajstić information content (AvgIpc) is 3.04. The predicted octanol–water partition coefficient (Wildman–Crippen LogP) is 4.83. The Hall–Kier alpha value is -1.16. The molecule has 0 radical (unpaired) electrons. The molecule has 0 saturated heterocycles. The third-order valence-corrected chi connectivity index (χ3v) is 6.64. The summed E-state index contributed by atoms with van der Waals surface area (Å²) in [7, 11) is 4.02. The van der Waals surface area contributed by atoms with Gasteiger partial charge in [0.1, 0.15) is 0 Å². The van der Waals surface area contributed by atoms with Gasteiger partial charge in [-0.3, -0.25) is 9.69 Å². The summed E-state index contributed by atoms with van der Waals surface area (Å²) in [5.41, 5.74) is 1.66. The van der Waals surface area contributed by atoms with Gasteiger partial charge in [-0.2, -0.15) is 0 Å². The van der Waals surface area contributed by atoms with E-state index in [1.165, 1.54) is 4.90 Å². The van der Waals surface area contributed by atoms with Crippen molar-refractivity contribution in [3.05, 3.63) is 51.6 Å². The number of amides is 1. The molecule has 1 aromatic heterocycles. The maximum absolute atomic E-state index is 13.2. The van der Waals surface area contributed by atoms with Crippen LogP contribution in [0.25, 0.3) is 10.2 Å². The number of anilines is 1. The van der Waals surface area contributed by atoms with Crippen LogP contribution in [-0.4, -0.2) is 49.2 Å². The van der Waals surface area contributed by atoms with Crippen LogP contribution in [0.1, 0.15) is 10.4 Å². The Bertz CT molecular complexity index is 926. The highest BCUT2D eigenvalue weighted by Gasteiger charge is 2.23. The molecular weight excluding hydrogens is 477 g/mol. The number of likely N-dealkylation sites (N-methyl/N-ethyl adjacent to an activating group) is 1. The molecule has 0 atom stereocenters. The van der Waals surface area contributed by atoms with E-state index in [2.05, 4.69) is 45.9 Å². The van der Waals surface area contributed by atoms with Crippen molar-refractivity contribution in [1.29, 1.82) is 0 Å². The number of fused-ring (bicyclic) bond motifs is 1. The van der Waals surface area contributed by atoms with Crippen LogP contribution in [0.4, 0.5) is 5.13 Å². The van der Waals surface area contributed by atoms with Gasteiger partial charge in [0.2, 0.25) is 0 Å². The molecule has 3 aromatic rings. The van der Waals surface area contributed by atoms with Crippen molar-refractivity contribution in [1.82, 2.24) is 9.88 Å². The van der Waals surface area contributed by atoms with Crippen LogP contribution in [0.3, 0.4) is 0 Å². The second-order valence-corrected chi connectivity index (χ2v) is 9.12. The van der Waals surface area contributed by atoms with Gasteiger partial charge in [-0.15, -0.1) is 11.8 Å². The molecule has 0 unspecified atom stereocenters. The number of halogens is 1. The largest absolute Gasteiger partial charge is 0.308 e. The van der Waals surface area contributed by atoms with Gasteiger partial charge in [-0.1, -0.05) is 23.5 Å². The Kier molecular flexibility index (Phi) is 6.55. The summed E-state index contributed by atoms with van der Waals surface area (Å²) in [5, 5.41) is 0.754. The van der Waals surface area contributed by atoms with Gasteiger partial charge < -0.3 is 4.90 Å². The molecule has 0 spiro atoms. The van der Waals surface area contributed by atoms with Gasteiger partial charge >= 0.3 is 0 Å². The van der Waals surface area contributed by atoms with Crippen molar-refractivity contribution in [2.45, 2.75) is 4.90 Å². The number of aromatic nitrogens is 1. The second-order valence-electron chi connectivity index (χ2n) is 6.07. The van der Waals surface area contributed by atoms with Crippen LogP contribution in [0.5, 0.6) is 0 Å². The highest BCUT2D eigenvalue weighted by molar-refractivity contribution is 14.1. The first-order valence-corrected chi connectivity index (χ1v) is 11.3. The van der Waals surface area contributed by atoms with Crippen LogP contribution in [-0.2, 0) is 0 Å². The lowest BCUT2D eigenvalue weighted by Crippen LogP contribution is -2.37. The Labute approximate surface area is 175 Å². The average molecular weight is 497 g/mol. The molecule has 0 saturated carbocycles. The molecule has 26 heavy (non-hydrogen) atoms. The van der Waals surface area contributed by atoms with E-state index in [-0.39, 0.29) is 5.91 Å². The normalized spacial score (nSPS) is 11.3. The van der Waals surface area contributed by atoms with Gasteiger partial charge in [0.15, 0.2) is 5.13 Å². The summed E-state index contributed by atoms with van der Waals surface area (Å²) in [6, 6.07) is 13.9. The first kappa shape index (κ1) is 19.6. The van der Waals surface area contributed by atoms with Crippen LogP contribution in [0, 0.1) is 3.57 Å². The smallest absolute Gasteiger partial charge is 0.261 e. The quantitative estimate of drug-likeness (QED) is 0.361. The maximum atomic E-state index is 13.2. The standard InChI is InChI=1S/C19H20IN3OS2/c1-22(2)10-11-23(18(24)14-6-4-5-7-15(14)20)19-21-16-9-8-13(25-3)12-17(16)26-19/h4-9,12H,10-11H2,1-3H3. The highest BCUT2D eigenvalue weighted by Crippen LogP contribution is 2.32. The van der Waals surface area contributed by atoms with Crippen molar-refractivity contribution in [3.63, 3.8) is 0 Å². The van der Waals surface area contributed by atoms with E-state index in [0.29, 0.717) is 6.54 Å². The van der Waals surface area contributed by atoms with E-state index < -0.39 is 0 Å². The number of hydrogen-bond donors (Lipinski definition) is 0. The zero-order valence-corrected chi connectivity index (χ0v) is 18.7. The van der Waals surface area contributed by atoms with E-state index in [9.17, 15) is 4.79 Å². The molecule has 0 aliphatic carbocycles. The zero-order valence-electron chi connectivity index (χ0n) is 14.9. The summed E-state index contributed by atoms with van der Waals surface area (Å²) in [6.45, 7) is 1.38. The molecule has 0 aliphatic rings. The van der Waals surface area contributed by atoms with Crippen molar-refractivity contribution < 1.29 is 4.79 Å². The molecule has 3 rings (SSSR count). The van der Waals surface area contributed by atoms with Gasteiger partial charge in [0, 0.05) is 21.6 Å². The van der Waals surface area contributed by atoms with Crippen molar-refractivity contribution in [2.75, 3.05) is 38.3 Å². The van der Waals surface area contributed by atoms with E-state index in [1.54, 1.807) is 28.0 Å². The topological polar surface area (TPSA) is 36.4 Å². The summed E-state index contributed by atoms with van der Waals surface area (Å²) in [5.74, 6) is 0.000922. The predicted molar refractivity (Wildman–Crippen MR) is 121 cm³/mol. The fourth-order valence-corrected chi connectivity index (χ4v) is 4.66. The molecule has 0 fully saturated rings. The number of carbonyl (C=O) groups is 1. The maximum Gasteiger partial charge on any atom is 0.261 e. The summed E-state index contributed by atoms with van der Waals surface area (Å²) >= 11 is 5.50. The molecule has 1 heterocycles. The first-order valence-electron chi connectivity index (χ1n) is 8.15. The Morgan fingerprint density at radius 2 is 1.96 bits per heavy atom. The number of benzene rings is 2. The molecule has 0 aliphatic heterocycles. The van der Waals surface area contributed by atoms with E-state index in [1.807, 2.05) is 44.4 Å². The lowest BCUT2D eigenvalue weighted by molar-refractivity contribution is 0.0984. The summed E-state index contributed by atoms with van der Waals surface area (Å²) in [4.78, 5) is 23.1. The summed E-state index contributed by atoms with van der Waals surface area (Å²) in [6.07, 6.45) is 2.06. The molecule has 136 valence electrons. The molecule has 0 N–H and O–H groups in total. The molecule has 4 nitrogen and oxygen atoms in total. The fraction of sp³-hybridized carbons (Fsp3) is 0.263. The number of thioether (sulfide) groups is 1. The Morgan fingerprint density at radius 1 is 1.19 bits per heavy atom. The zero-order chi connectivity index (χ0) is 18.7. The van der Waals surface area contributed by atoms with Crippen LogP contribution in [0.15, 0.2) is 47.4 Å². The van der Waals surface area contributed by atoms with Crippen molar-refractivity contribution in [3.8, 4) is 0 Å². The van der Waals surface area contributed by atoms with Gasteiger partial charge in [-0.25, -0.2) is 4.98 Å².